The predicted molar refractivity (Wildman–Crippen MR) is 128 cm³/mol. The molecule has 166 valence electrons. The van der Waals surface area contributed by atoms with E-state index in [0.29, 0.717) is 12.5 Å². The Labute approximate surface area is 190 Å². The standard InChI is InChI=1S/C23H27N7OS/c1-15-12-19(32-29-15)27-22-26-18-7-11-30(14-16-4-3-10-24-13-16)20(18)21(28-22)25-17-5-8-23(2,31)9-6-17/h3-4,7,10-13,17,31H,5-6,8-9,14H2,1-2H3,(H2,25,26,27,28). The molecule has 3 N–H and O–H groups in total. The predicted octanol–water partition coefficient (Wildman–Crippen LogP) is 4.49. The highest BCUT2D eigenvalue weighted by Crippen LogP contribution is 2.32. The van der Waals surface area contributed by atoms with Gasteiger partial charge in [0.05, 0.1) is 16.8 Å². The normalized spacial score (nSPS) is 21.0. The molecule has 0 atom stereocenters. The quantitative estimate of drug-likeness (QED) is 0.399. The van der Waals surface area contributed by atoms with Crippen molar-refractivity contribution in [2.45, 2.75) is 57.7 Å². The van der Waals surface area contributed by atoms with Gasteiger partial charge in [0, 0.05) is 31.2 Å². The van der Waals surface area contributed by atoms with Crippen LogP contribution in [0, 0.1) is 6.92 Å². The van der Waals surface area contributed by atoms with Crippen molar-refractivity contribution in [3.8, 4) is 0 Å². The molecule has 0 saturated heterocycles. The molecule has 0 aliphatic heterocycles. The maximum atomic E-state index is 10.3. The molecular formula is C23H27N7OS. The minimum Gasteiger partial charge on any atom is -0.390 e. The van der Waals surface area contributed by atoms with Crippen LogP contribution in [0.25, 0.3) is 11.0 Å². The molecule has 9 heteroatoms. The summed E-state index contributed by atoms with van der Waals surface area (Å²) in [6, 6.07) is 8.28. The van der Waals surface area contributed by atoms with E-state index in [2.05, 4.69) is 30.6 Å². The van der Waals surface area contributed by atoms with Gasteiger partial charge in [0.2, 0.25) is 5.95 Å². The zero-order valence-electron chi connectivity index (χ0n) is 18.2. The van der Waals surface area contributed by atoms with Crippen LogP contribution in [0.4, 0.5) is 16.8 Å². The van der Waals surface area contributed by atoms with E-state index in [1.165, 1.54) is 11.5 Å². The number of aryl methyl sites for hydroxylation is 1. The largest absolute Gasteiger partial charge is 0.390 e. The van der Waals surface area contributed by atoms with E-state index >= 15 is 0 Å². The third kappa shape index (κ3) is 4.58. The number of hydrogen-bond acceptors (Lipinski definition) is 8. The van der Waals surface area contributed by atoms with Gasteiger partial charge in [-0.25, -0.2) is 4.98 Å². The first-order valence-electron chi connectivity index (χ1n) is 10.9. The van der Waals surface area contributed by atoms with E-state index in [-0.39, 0.29) is 6.04 Å². The van der Waals surface area contributed by atoms with Crippen LogP contribution in [0.1, 0.15) is 43.9 Å². The molecule has 4 aromatic heterocycles. The van der Waals surface area contributed by atoms with E-state index < -0.39 is 5.60 Å². The second-order valence-electron chi connectivity index (χ2n) is 8.81. The average molecular weight is 450 g/mol. The van der Waals surface area contributed by atoms with Crippen LogP contribution in [0.3, 0.4) is 0 Å². The Bertz CT molecular complexity index is 1210. The Kier molecular flexibility index (Phi) is 5.52. The Morgan fingerprint density at radius 2 is 2.09 bits per heavy atom. The summed E-state index contributed by atoms with van der Waals surface area (Å²) < 4.78 is 6.49. The summed E-state index contributed by atoms with van der Waals surface area (Å²) in [5.41, 5.74) is 3.35. The molecule has 32 heavy (non-hydrogen) atoms. The summed E-state index contributed by atoms with van der Waals surface area (Å²) in [5, 5.41) is 18.2. The van der Waals surface area contributed by atoms with Crippen molar-refractivity contribution < 1.29 is 5.11 Å². The molecule has 5 rings (SSSR count). The van der Waals surface area contributed by atoms with Gasteiger partial charge in [-0.05, 0) is 74.8 Å². The summed E-state index contributed by atoms with van der Waals surface area (Å²) in [7, 11) is 0. The summed E-state index contributed by atoms with van der Waals surface area (Å²) in [6.45, 7) is 4.58. The van der Waals surface area contributed by atoms with Crippen molar-refractivity contribution in [1.29, 1.82) is 0 Å². The maximum Gasteiger partial charge on any atom is 0.230 e. The van der Waals surface area contributed by atoms with Crippen molar-refractivity contribution in [1.82, 2.24) is 23.9 Å². The highest BCUT2D eigenvalue weighted by atomic mass is 32.1. The first-order chi connectivity index (χ1) is 15.4. The first kappa shape index (κ1) is 20.8. The molecule has 0 aromatic carbocycles. The highest BCUT2D eigenvalue weighted by Gasteiger charge is 2.29. The molecule has 8 nitrogen and oxygen atoms in total. The highest BCUT2D eigenvalue weighted by molar-refractivity contribution is 7.10. The van der Waals surface area contributed by atoms with Crippen LogP contribution >= 0.6 is 11.5 Å². The molecule has 1 saturated carbocycles. The first-order valence-corrected chi connectivity index (χ1v) is 11.7. The van der Waals surface area contributed by atoms with Gasteiger partial charge in [-0.3, -0.25) is 4.98 Å². The lowest BCUT2D eigenvalue weighted by atomic mass is 9.84. The fraction of sp³-hybridized carbons (Fsp3) is 0.391. The lowest BCUT2D eigenvalue weighted by molar-refractivity contribution is 0.0196. The number of anilines is 3. The zero-order chi connectivity index (χ0) is 22.1. The third-order valence-corrected chi connectivity index (χ3v) is 6.75. The monoisotopic (exact) mass is 449 g/mol. The fourth-order valence-corrected chi connectivity index (χ4v) is 4.85. The van der Waals surface area contributed by atoms with Crippen LogP contribution < -0.4 is 10.6 Å². The van der Waals surface area contributed by atoms with E-state index in [4.69, 9.17) is 9.97 Å². The summed E-state index contributed by atoms with van der Waals surface area (Å²) in [6.07, 6.45) is 9.07. The van der Waals surface area contributed by atoms with Gasteiger partial charge in [-0.1, -0.05) is 6.07 Å². The van der Waals surface area contributed by atoms with Gasteiger partial charge in [0.1, 0.15) is 10.5 Å². The minimum absolute atomic E-state index is 0.258. The fourth-order valence-electron chi connectivity index (χ4n) is 4.19. The number of nitrogens with zero attached hydrogens (tertiary/aromatic N) is 5. The minimum atomic E-state index is -0.573. The number of aliphatic hydroxyl groups is 1. The third-order valence-electron chi connectivity index (χ3n) is 5.95. The molecule has 0 bridgehead atoms. The van der Waals surface area contributed by atoms with E-state index in [1.807, 2.05) is 44.4 Å². The van der Waals surface area contributed by atoms with Gasteiger partial charge < -0.3 is 20.3 Å². The van der Waals surface area contributed by atoms with E-state index in [0.717, 1.165) is 58.8 Å². The van der Waals surface area contributed by atoms with Gasteiger partial charge in [0.25, 0.3) is 0 Å². The summed E-state index contributed by atoms with van der Waals surface area (Å²) in [5.74, 6) is 1.35. The number of aromatic nitrogens is 5. The second-order valence-corrected chi connectivity index (χ2v) is 9.61. The van der Waals surface area contributed by atoms with Crippen LogP contribution in [0.2, 0.25) is 0 Å². The van der Waals surface area contributed by atoms with Crippen molar-refractivity contribution in [3.63, 3.8) is 0 Å². The lowest BCUT2D eigenvalue weighted by Crippen LogP contribution is -2.36. The van der Waals surface area contributed by atoms with Gasteiger partial charge in [-0.15, -0.1) is 0 Å². The number of fused-ring (bicyclic) bond motifs is 1. The van der Waals surface area contributed by atoms with Gasteiger partial charge in [-0.2, -0.15) is 9.36 Å². The molecule has 0 unspecified atom stereocenters. The van der Waals surface area contributed by atoms with Crippen molar-refractivity contribution in [3.05, 3.63) is 54.1 Å². The Balaban J connectivity index is 1.49. The zero-order valence-corrected chi connectivity index (χ0v) is 19.1. The molecule has 1 aliphatic rings. The van der Waals surface area contributed by atoms with E-state index in [9.17, 15) is 5.11 Å². The smallest absolute Gasteiger partial charge is 0.230 e. The van der Waals surface area contributed by atoms with Crippen LogP contribution in [-0.4, -0.2) is 40.6 Å². The number of pyridine rings is 1. The number of nitrogens with one attached hydrogen (secondary N) is 2. The van der Waals surface area contributed by atoms with Crippen LogP contribution in [0.15, 0.2) is 42.9 Å². The lowest BCUT2D eigenvalue weighted by Gasteiger charge is -2.33. The Morgan fingerprint density at radius 3 is 2.81 bits per heavy atom. The second kappa shape index (κ2) is 8.48. The van der Waals surface area contributed by atoms with Crippen molar-refractivity contribution in [2.75, 3.05) is 10.6 Å². The van der Waals surface area contributed by atoms with Crippen molar-refractivity contribution in [2.24, 2.45) is 0 Å². The molecule has 4 heterocycles. The summed E-state index contributed by atoms with van der Waals surface area (Å²) in [4.78, 5) is 13.9. The van der Waals surface area contributed by atoms with Crippen LogP contribution in [-0.2, 0) is 6.54 Å². The molecule has 1 fully saturated rings. The van der Waals surface area contributed by atoms with Crippen LogP contribution in [0.5, 0.6) is 0 Å². The molecule has 0 amide bonds. The number of hydrogen-bond donors (Lipinski definition) is 3. The van der Waals surface area contributed by atoms with Gasteiger partial charge in [0.15, 0.2) is 5.82 Å². The maximum absolute atomic E-state index is 10.3. The molecule has 4 aromatic rings. The topological polar surface area (TPSA) is 101 Å². The molecule has 1 aliphatic carbocycles. The molecular weight excluding hydrogens is 422 g/mol. The SMILES string of the molecule is Cc1cc(Nc2nc(NC3CCC(C)(O)CC3)c3c(ccn3Cc3cccnc3)n2)sn1. The van der Waals surface area contributed by atoms with Crippen molar-refractivity contribution >= 4 is 39.3 Å². The molecule has 0 spiro atoms. The average Bonchev–Trinajstić information content (AvgIpc) is 3.36. The molecule has 0 radical (unpaired) electrons. The van der Waals surface area contributed by atoms with E-state index in [1.54, 1.807) is 6.20 Å². The Morgan fingerprint density at radius 1 is 1.25 bits per heavy atom. The Hall–Kier alpha value is -3.04. The summed E-state index contributed by atoms with van der Waals surface area (Å²) >= 11 is 1.40. The van der Waals surface area contributed by atoms with Gasteiger partial charge >= 0.3 is 0 Å². The number of rotatable bonds is 6.